The van der Waals surface area contributed by atoms with Gasteiger partial charge >= 0.3 is 0 Å². The topological polar surface area (TPSA) is 43.2 Å². The van der Waals surface area contributed by atoms with Crippen molar-refractivity contribution >= 4 is 18.9 Å². The van der Waals surface area contributed by atoms with Gasteiger partial charge in [0.15, 0.2) is 7.98 Å². The molecule has 0 saturated carbocycles. The van der Waals surface area contributed by atoms with Gasteiger partial charge < -0.3 is 9.55 Å². The normalized spacial score (nSPS) is 14.6. The van der Waals surface area contributed by atoms with Gasteiger partial charge in [0.2, 0.25) is 0 Å². The lowest BCUT2D eigenvalue weighted by Crippen LogP contribution is -2.46. The molecule has 0 unspecified atom stereocenters. The number of rotatable bonds is 5. The molecule has 3 heterocycles. The average molecular weight is 364 g/mol. The molecule has 5 rings (SSSR count). The summed E-state index contributed by atoms with van der Waals surface area (Å²) in [6.07, 6.45) is 3.69. The largest absolute Gasteiger partial charge is 0.457 e. The first-order valence-corrected chi connectivity index (χ1v) is 9.22. The summed E-state index contributed by atoms with van der Waals surface area (Å²) in [5.41, 5.74) is 3.06. The predicted octanol–water partition coefficient (Wildman–Crippen LogP) is 3.51. The summed E-state index contributed by atoms with van der Waals surface area (Å²) >= 11 is 0. The second-order valence-electron chi connectivity index (χ2n) is 7.04. The van der Waals surface area contributed by atoms with Crippen LogP contribution in [0.15, 0.2) is 60.9 Å². The molecule has 0 atom stereocenters. The monoisotopic (exact) mass is 364 g/mol. The van der Waals surface area contributed by atoms with Crippen LogP contribution < -0.4 is 4.74 Å². The Morgan fingerprint density at radius 3 is 2.68 bits per heavy atom. The van der Waals surface area contributed by atoms with Gasteiger partial charge in [0.1, 0.15) is 17.2 Å². The molecular formula is C22H17BN4O. The third-order valence-electron chi connectivity index (χ3n) is 4.96. The first kappa shape index (κ1) is 16.8. The van der Waals surface area contributed by atoms with Crippen LogP contribution in [0.2, 0.25) is 0 Å². The fourth-order valence-electron chi connectivity index (χ4n) is 3.56. The van der Waals surface area contributed by atoms with Crippen molar-refractivity contribution in [2.75, 3.05) is 13.1 Å². The fraction of sp³-hybridized carbons (Fsp3) is 0.182. The summed E-state index contributed by atoms with van der Waals surface area (Å²) in [5, 5.41) is 5.94. The van der Waals surface area contributed by atoms with Crippen LogP contribution in [-0.4, -0.2) is 40.6 Å². The Kier molecular flexibility index (Phi) is 4.23. The van der Waals surface area contributed by atoms with Gasteiger partial charge in [-0.3, -0.25) is 9.67 Å². The molecule has 2 aromatic carbocycles. The molecule has 0 amide bonds. The van der Waals surface area contributed by atoms with Crippen molar-refractivity contribution in [2.45, 2.75) is 6.54 Å². The summed E-state index contributed by atoms with van der Waals surface area (Å²) in [4.78, 5) is 6.13. The van der Waals surface area contributed by atoms with E-state index in [1.54, 1.807) is 12.1 Å². The van der Waals surface area contributed by atoms with E-state index in [0.717, 1.165) is 53.3 Å². The quantitative estimate of drug-likeness (QED) is 0.509. The van der Waals surface area contributed by atoms with Crippen LogP contribution in [0.5, 0.6) is 11.5 Å². The summed E-state index contributed by atoms with van der Waals surface area (Å²) in [5.74, 6) is 2.03. The Morgan fingerprint density at radius 1 is 1.07 bits per heavy atom. The summed E-state index contributed by atoms with van der Waals surface area (Å²) in [6, 6.07) is 21.1. The van der Waals surface area contributed by atoms with Gasteiger partial charge in [-0.15, -0.1) is 0 Å². The molecule has 0 bridgehead atoms. The van der Waals surface area contributed by atoms with Crippen LogP contribution in [0, 0.1) is 18.1 Å². The average Bonchev–Trinajstić information content (AvgIpc) is 3.07. The van der Waals surface area contributed by atoms with Gasteiger partial charge in [-0.25, -0.2) is 0 Å². The van der Waals surface area contributed by atoms with E-state index in [1.165, 1.54) is 0 Å². The number of benzene rings is 1. The predicted molar refractivity (Wildman–Crippen MR) is 108 cm³/mol. The van der Waals surface area contributed by atoms with Crippen molar-refractivity contribution in [2.24, 2.45) is 5.92 Å². The van der Waals surface area contributed by atoms with E-state index < -0.39 is 0 Å². The Balaban J connectivity index is 1.44. The van der Waals surface area contributed by atoms with Crippen molar-refractivity contribution in [3.8, 4) is 22.8 Å². The number of aromatic nitrogens is 3. The number of ether oxygens (including phenoxy) is 1. The maximum absolute atomic E-state index is 5.84. The molecule has 0 aliphatic carbocycles. The van der Waals surface area contributed by atoms with E-state index in [-0.39, 0.29) is 0 Å². The van der Waals surface area contributed by atoms with Gasteiger partial charge in [0.25, 0.3) is 0 Å². The van der Waals surface area contributed by atoms with Crippen molar-refractivity contribution in [3.05, 3.63) is 73.1 Å². The van der Waals surface area contributed by atoms with Crippen LogP contribution in [-0.2, 0) is 6.54 Å². The molecule has 134 valence electrons. The molecule has 6 heteroatoms. The molecule has 1 saturated heterocycles. The standard InChI is InChI=1S/C22H17BN4O/c23-26-13-16(14-26)15-27-21-10-11-24-12-20(21)22(25-27)17-6-8-19(9-7-17)28-18-4-2-1-3-5-18/h2,4-12,16H,13-15H2. The molecule has 28 heavy (non-hydrogen) atoms. The van der Waals surface area contributed by atoms with E-state index >= 15 is 0 Å². The van der Waals surface area contributed by atoms with Gasteiger partial charge in [-0.2, -0.15) is 5.10 Å². The Hall–Kier alpha value is -3.30. The maximum atomic E-state index is 5.84. The molecule has 1 aliphatic rings. The minimum absolute atomic E-state index is 0.532. The van der Waals surface area contributed by atoms with Crippen molar-refractivity contribution in [1.29, 1.82) is 0 Å². The van der Waals surface area contributed by atoms with Crippen LogP contribution in [0.1, 0.15) is 0 Å². The molecule has 2 aromatic heterocycles. The zero-order valence-corrected chi connectivity index (χ0v) is 15.2. The Labute approximate surface area is 165 Å². The molecule has 0 spiro atoms. The van der Waals surface area contributed by atoms with Crippen LogP contribution in [0.3, 0.4) is 0 Å². The van der Waals surface area contributed by atoms with Crippen LogP contribution in [0.25, 0.3) is 22.2 Å². The smallest absolute Gasteiger partial charge is 0.182 e. The highest BCUT2D eigenvalue weighted by molar-refractivity contribution is 6.04. The van der Waals surface area contributed by atoms with E-state index in [4.69, 9.17) is 17.8 Å². The Bertz CT molecular complexity index is 1090. The fourth-order valence-corrected chi connectivity index (χ4v) is 3.56. The van der Waals surface area contributed by atoms with Gasteiger partial charge in [-0.1, -0.05) is 12.1 Å². The number of pyridine rings is 1. The number of nitrogens with zero attached hydrogens (tertiary/aromatic N) is 4. The van der Waals surface area contributed by atoms with Crippen LogP contribution >= 0.6 is 0 Å². The molecule has 0 N–H and O–H groups in total. The minimum Gasteiger partial charge on any atom is -0.457 e. The molecular weight excluding hydrogens is 347 g/mol. The zero-order valence-electron chi connectivity index (χ0n) is 15.2. The molecule has 4 aromatic rings. The SMILES string of the molecule is [B]N1CC(Cn2nc(-c3ccc(Oc4cc#ccc4)cc3)c3cnccc32)C1. The second-order valence-corrected chi connectivity index (χ2v) is 7.04. The lowest BCUT2D eigenvalue weighted by atomic mass is 9.96. The third kappa shape index (κ3) is 3.21. The van der Waals surface area contributed by atoms with Gasteiger partial charge in [0.05, 0.1) is 5.52 Å². The highest BCUT2D eigenvalue weighted by Gasteiger charge is 2.24. The molecule has 1 aliphatic heterocycles. The first-order valence-electron chi connectivity index (χ1n) is 9.22. The Morgan fingerprint density at radius 2 is 1.93 bits per heavy atom. The van der Waals surface area contributed by atoms with E-state index in [2.05, 4.69) is 21.8 Å². The maximum Gasteiger partial charge on any atom is 0.182 e. The second kappa shape index (κ2) is 7.03. The van der Waals surface area contributed by atoms with Crippen LogP contribution in [0.4, 0.5) is 0 Å². The highest BCUT2D eigenvalue weighted by Crippen LogP contribution is 2.30. The first-order chi connectivity index (χ1) is 13.8. The summed E-state index contributed by atoms with van der Waals surface area (Å²) < 4.78 is 7.92. The lowest BCUT2D eigenvalue weighted by Gasteiger charge is -2.36. The third-order valence-corrected chi connectivity index (χ3v) is 4.96. The van der Waals surface area contributed by atoms with E-state index in [9.17, 15) is 0 Å². The van der Waals surface area contributed by atoms with Gasteiger partial charge in [-0.05, 0) is 55.6 Å². The number of fused-ring (bicyclic) bond motifs is 1. The molecule has 2 radical (unpaired) electrons. The number of hydrogen-bond donors (Lipinski definition) is 0. The van der Waals surface area contributed by atoms with Crippen molar-refractivity contribution in [1.82, 2.24) is 19.6 Å². The van der Waals surface area contributed by atoms with E-state index in [1.807, 2.05) is 53.6 Å². The van der Waals surface area contributed by atoms with Crippen molar-refractivity contribution < 1.29 is 4.74 Å². The molecule has 1 fully saturated rings. The lowest BCUT2D eigenvalue weighted by molar-refractivity contribution is 0.182. The highest BCUT2D eigenvalue weighted by atomic mass is 16.5. The van der Waals surface area contributed by atoms with Crippen molar-refractivity contribution in [3.63, 3.8) is 0 Å². The summed E-state index contributed by atoms with van der Waals surface area (Å²) in [7, 11) is 5.78. The molecule has 5 nitrogen and oxygen atoms in total. The zero-order chi connectivity index (χ0) is 18.9. The van der Waals surface area contributed by atoms with E-state index in [0.29, 0.717) is 5.92 Å². The number of hydrogen-bond acceptors (Lipinski definition) is 4. The summed E-state index contributed by atoms with van der Waals surface area (Å²) in [6.45, 7) is 2.67. The minimum atomic E-state index is 0.532. The van der Waals surface area contributed by atoms with Gasteiger partial charge in [0, 0.05) is 41.9 Å².